The summed E-state index contributed by atoms with van der Waals surface area (Å²) in [5.41, 5.74) is 8.21. The van der Waals surface area contributed by atoms with Crippen LogP contribution in [0.5, 0.6) is 0 Å². The zero-order valence-corrected chi connectivity index (χ0v) is 23.3. The number of aromatic nitrogens is 1. The Morgan fingerprint density at radius 3 is 2.50 bits per heavy atom. The highest BCUT2D eigenvalue weighted by atomic mass is 19.4. The second-order valence-corrected chi connectivity index (χ2v) is 10.0. The van der Waals surface area contributed by atoms with E-state index in [9.17, 15) is 32.3 Å². The maximum atomic E-state index is 13.4. The van der Waals surface area contributed by atoms with E-state index in [-0.39, 0.29) is 37.8 Å². The SMILES string of the molecule is Cc1nc(N)ccc1CNC(=O)[C@H](C)NC(=O)[C@H]1C[C@@H](c2ccccc2)CCN1CCCC(=O)OOC(=O)C(F)(F)F. The molecule has 4 N–H and O–H groups in total. The maximum Gasteiger partial charge on any atom is 0.495 e. The van der Waals surface area contributed by atoms with Crippen LogP contribution in [0, 0.1) is 6.92 Å². The summed E-state index contributed by atoms with van der Waals surface area (Å²) in [7, 11) is 0. The number of hydrogen-bond donors (Lipinski definition) is 3. The van der Waals surface area contributed by atoms with Crippen LogP contribution in [0.3, 0.4) is 0 Å². The molecule has 0 aliphatic carbocycles. The molecule has 3 rings (SSSR count). The van der Waals surface area contributed by atoms with Gasteiger partial charge in [0.15, 0.2) is 0 Å². The summed E-state index contributed by atoms with van der Waals surface area (Å²) >= 11 is 0. The van der Waals surface area contributed by atoms with Gasteiger partial charge in [0, 0.05) is 12.2 Å². The van der Waals surface area contributed by atoms with Gasteiger partial charge in [-0.2, -0.15) is 13.2 Å². The van der Waals surface area contributed by atoms with Crippen LogP contribution >= 0.6 is 0 Å². The molecule has 3 atom stereocenters. The number of piperidine rings is 1. The van der Waals surface area contributed by atoms with Crippen molar-refractivity contribution >= 4 is 29.6 Å². The smallest absolute Gasteiger partial charge is 0.384 e. The summed E-state index contributed by atoms with van der Waals surface area (Å²) in [6.45, 7) is 4.30. The normalized spacial score (nSPS) is 18.0. The van der Waals surface area contributed by atoms with Gasteiger partial charge in [0.1, 0.15) is 11.9 Å². The fraction of sp³-hybridized carbons (Fsp3) is 0.464. The zero-order chi connectivity index (χ0) is 30.9. The fourth-order valence-electron chi connectivity index (χ4n) is 4.69. The third kappa shape index (κ3) is 9.43. The number of nitrogen functional groups attached to an aromatic ring is 1. The third-order valence-electron chi connectivity index (χ3n) is 6.98. The van der Waals surface area contributed by atoms with E-state index < -0.39 is 36.1 Å². The second-order valence-electron chi connectivity index (χ2n) is 10.0. The number of pyridine rings is 1. The summed E-state index contributed by atoms with van der Waals surface area (Å²) in [6, 6.07) is 11.6. The number of alkyl halides is 3. The van der Waals surface area contributed by atoms with Crippen LogP contribution in [-0.2, 0) is 35.5 Å². The van der Waals surface area contributed by atoms with Gasteiger partial charge in [0.2, 0.25) is 11.8 Å². The van der Waals surface area contributed by atoms with Gasteiger partial charge < -0.3 is 16.4 Å². The quantitative estimate of drug-likeness (QED) is 0.279. The molecule has 0 spiro atoms. The second kappa shape index (κ2) is 14.6. The molecule has 1 saturated heterocycles. The highest BCUT2D eigenvalue weighted by molar-refractivity contribution is 5.89. The average Bonchev–Trinajstić information content (AvgIpc) is 2.95. The number of aryl methyl sites for hydroxylation is 1. The molecule has 2 amide bonds. The Labute approximate surface area is 240 Å². The van der Waals surface area contributed by atoms with Gasteiger partial charge in [-0.25, -0.2) is 24.3 Å². The van der Waals surface area contributed by atoms with Gasteiger partial charge in [-0.05, 0) is 69.3 Å². The molecule has 0 bridgehead atoms. The Morgan fingerprint density at radius 2 is 1.83 bits per heavy atom. The highest BCUT2D eigenvalue weighted by Crippen LogP contribution is 2.32. The number of nitrogens with one attached hydrogen (secondary N) is 2. The predicted octanol–water partition coefficient (Wildman–Crippen LogP) is 2.69. The lowest BCUT2D eigenvalue weighted by molar-refractivity contribution is -0.285. The van der Waals surface area contributed by atoms with Crippen LogP contribution in [-0.4, -0.2) is 65.0 Å². The van der Waals surface area contributed by atoms with Gasteiger partial charge in [0.05, 0.1) is 12.5 Å². The largest absolute Gasteiger partial charge is 0.495 e. The van der Waals surface area contributed by atoms with E-state index >= 15 is 0 Å². The Kier molecular flexibility index (Phi) is 11.2. The number of carbonyl (C=O) groups excluding carboxylic acids is 4. The minimum atomic E-state index is -5.29. The van der Waals surface area contributed by atoms with E-state index in [0.717, 1.165) is 17.5 Å². The van der Waals surface area contributed by atoms with E-state index in [2.05, 4.69) is 25.4 Å². The van der Waals surface area contributed by atoms with Gasteiger partial charge in [0.25, 0.3) is 0 Å². The molecule has 0 radical (unpaired) electrons. The fourth-order valence-corrected chi connectivity index (χ4v) is 4.69. The Bertz CT molecular complexity index is 1260. The molecule has 0 unspecified atom stereocenters. The van der Waals surface area contributed by atoms with E-state index in [1.54, 1.807) is 26.0 Å². The first-order valence-electron chi connectivity index (χ1n) is 13.4. The number of hydrogen-bond acceptors (Lipinski definition) is 9. The van der Waals surface area contributed by atoms with Crippen molar-refractivity contribution in [1.82, 2.24) is 20.5 Å². The first-order valence-corrected chi connectivity index (χ1v) is 13.4. The third-order valence-corrected chi connectivity index (χ3v) is 6.98. The molecular weight excluding hydrogens is 559 g/mol. The number of amides is 2. The number of carbonyl (C=O) groups is 4. The molecule has 2 heterocycles. The molecule has 228 valence electrons. The number of rotatable bonds is 10. The van der Waals surface area contributed by atoms with Crippen molar-refractivity contribution in [2.75, 3.05) is 18.8 Å². The van der Waals surface area contributed by atoms with Gasteiger partial charge in [-0.15, -0.1) is 0 Å². The Hall–Kier alpha value is -4.20. The number of halogens is 3. The summed E-state index contributed by atoms with van der Waals surface area (Å²) in [4.78, 5) is 62.2. The van der Waals surface area contributed by atoms with E-state index in [0.29, 0.717) is 24.5 Å². The van der Waals surface area contributed by atoms with Crippen LogP contribution in [0.1, 0.15) is 55.3 Å². The average molecular weight is 594 g/mol. The van der Waals surface area contributed by atoms with Crippen molar-refractivity contribution in [3.63, 3.8) is 0 Å². The Morgan fingerprint density at radius 1 is 1.12 bits per heavy atom. The molecule has 0 saturated carbocycles. The number of benzene rings is 1. The number of nitrogens with zero attached hydrogens (tertiary/aromatic N) is 2. The number of likely N-dealkylation sites (tertiary alicyclic amines) is 1. The summed E-state index contributed by atoms with van der Waals surface area (Å²) < 4.78 is 36.6. The number of anilines is 1. The summed E-state index contributed by atoms with van der Waals surface area (Å²) in [5.74, 6) is -4.09. The number of nitrogens with two attached hydrogens (primary N) is 1. The highest BCUT2D eigenvalue weighted by Gasteiger charge is 2.43. The van der Waals surface area contributed by atoms with Crippen molar-refractivity contribution in [2.45, 2.75) is 70.3 Å². The molecule has 42 heavy (non-hydrogen) atoms. The topological polar surface area (TPSA) is 153 Å². The monoisotopic (exact) mass is 593 g/mol. The lowest BCUT2D eigenvalue weighted by Crippen LogP contribution is -2.55. The molecule has 1 aliphatic heterocycles. The predicted molar refractivity (Wildman–Crippen MR) is 144 cm³/mol. The van der Waals surface area contributed by atoms with Crippen LogP contribution in [0.25, 0.3) is 0 Å². The molecule has 1 fully saturated rings. The Balaban J connectivity index is 1.58. The van der Waals surface area contributed by atoms with Crippen molar-refractivity contribution in [1.29, 1.82) is 0 Å². The van der Waals surface area contributed by atoms with E-state index in [4.69, 9.17) is 5.73 Å². The molecule has 11 nitrogen and oxygen atoms in total. The molecule has 2 aromatic rings. The van der Waals surface area contributed by atoms with Crippen molar-refractivity contribution in [3.05, 3.63) is 59.3 Å². The first-order chi connectivity index (χ1) is 19.8. The zero-order valence-electron chi connectivity index (χ0n) is 23.3. The van der Waals surface area contributed by atoms with Crippen molar-refractivity contribution in [3.8, 4) is 0 Å². The van der Waals surface area contributed by atoms with Crippen LogP contribution < -0.4 is 16.4 Å². The molecular formula is C28H34F3N5O6. The first kappa shape index (κ1) is 32.3. The summed E-state index contributed by atoms with van der Waals surface area (Å²) in [5, 5.41) is 5.56. The van der Waals surface area contributed by atoms with E-state index in [1.807, 2.05) is 35.2 Å². The minimum Gasteiger partial charge on any atom is -0.384 e. The van der Waals surface area contributed by atoms with Gasteiger partial charge in [-0.1, -0.05) is 36.4 Å². The van der Waals surface area contributed by atoms with Gasteiger partial charge in [-0.3, -0.25) is 14.5 Å². The van der Waals surface area contributed by atoms with Crippen LogP contribution in [0.15, 0.2) is 42.5 Å². The standard InChI is InChI=1S/C28H34F3N5O6/c1-17-21(10-11-23(32)34-17)16-33-25(38)18(2)35-26(39)22-15-20(19-7-4-3-5-8-19)12-14-36(22)13-6-9-24(37)41-42-27(40)28(29,30)31/h3-5,7-8,10-11,18,20,22H,6,9,12-16H2,1-2H3,(H2,32,34)(H,33,38)(H,35,39)/t18-,20-,22+/m0/s1. The van der Waals surface area contributed by atoms with E-state index in [1.165, 1.54) is 0 Å². The van der Waals surface area contributed by atoms with Crippen molar-refractivity contribution < 1.29 is 42.1 Å². The van der Waals surface area contributed by atoms with Crippen LogP contribution in [0.4, 0.5) is 19.0 Å². The minimum absolute atomic E-state index is 0.0788. The van der Waals surface area contributed by atoms with Gasteiger partial charge >= 0.3 is 18.1 Å². The molecule has 1 aromatic heterocycles. The lowest BCUT2D eigenvalue weighted by Gasteiger charge is -2.39. The maximum absolute atomic E-state index is 13.4. The molecule has 14 heteroatoms. The summed E-state index contributed by atoms with van der Waals surface area (Å²) in [6.07, 6.45) is -4.31. The van der Waals surface area contributed by atoms with Crippen molar-refractivity contribution in [2.24, 2.45) is 0 Å². The lowest BCUT2D eigenvalue weighted by atomic mass is 9.84. The molecule has 1 aromatic carbocycles. The molecule has 1 aliphatic rings. The van der Waals surface area contributed by atoms with Crippen LogP contribution in [0.2, 0.25) is 0 Å².